The van der Waals surface area contributed by atoms with Crippen LogP contribution < -0.4 is 5.32 Å². The number of carbonyl (C=O) groups excluding carboxylic acids is 3. The molecule has 0 saturated carbocycles. The molecule has 6 nitrogen and oxygen atoms in total. The highest BCUT2D eigenvalue weighted by atomic mass is 35.5. The van der Waals surface area contributed by atoms with Crippen LogP contribution in [0.2, 0.25) is 10.0 Å². The Kier molecular flexibility index (Phi) is 5.63. The maximum atomic E-state index is 12.0. The van der Waals surface area contributed by atoms with Gasteiger partial charge in [0.25, 0.3) is 0 Å². The van der Waals surface area contributed by atoms with Crippen molar-refractivity contribution in [1.29, 1.82) is 0 Å². The Morgan fingerprint density at radius 1 is 1.09 bits per heavy atom. The molecule has 1 saturated heterocycles. The number of nitrogens with one attached hydrogen (secondary N) is 1. The van der Waals surface area contributed by atoms with E-state index in [4.69, 9.17) is 23.2 Å². The van der Waals surface area contributed by atoms with E-state index in [1.54, 1.807) is 28.0 Å². The molecule has 1 aliphatic rings. The minimum absolute atomic E-state index is 0.259. The van der Waals surface area contributed by atoms with Crippen molar-refractivity contribution in [2.45, 2.75) is 6.42 Å². The summed E-state index contributed by atoms with van der Waals surface area (Å²) in [6, 6.07) is 4.66. The summed E-state index contributed by atoms with van der Waals surface area (Å²) in [6.45, 7) is 1.85. The second-order valence-electron chi connectivity index (χ2n) is 4.91. The molecule has 0 unspecified atom stereocenters. The molecule has 22 heavy (non-hydrogen) atoms. The number of carbonyl (C=O) groups is 3. The molecule has 0 spiro atoms. The first-order chi connectivity index (χ1) is 10.5. The number of benzene rings is 1. The summed E-state index contributed by atoms with van der Waals surface area (Å²) in [5.41, 5.74) is 0.445. The average molecular weight is 344 g/mol. The summed E-state index contributed by atoms with van der Waals surface area (Å²) in [6.07, 6.45) is 0.503. The fourth-order valence-electron chi connectivity index (χ4n) is 2.16. The second kappa shape index (κ2) is 7.47. The predicted octanol–water partition coefficient (Wildman–Crippen LogP) is 1.62. The molecule has 3 amide bonds. The van der Waals surface area contributed by atoms with Gasteiger partial charge in [0.2, 0.25) is 18.2 Å². The van der Waals surface area contributed by atoms with Crippen LogP contribution in [0.3, 0.4) is 0 Å². The van der Waals surface area contributed by atoms with Crippen LogP contribution in [0, 0.1) is 0 Å². The summed E-state index contributed by atoms with van der Waals surface area (Å²) in [5.74, 6) is -0.697. The molecule has 1 N–H and O–H groups in total. The molecule has 1 aromatic carbocycles. The normalized spacial score (nSPS) is 14.6. The van der Waals surface area contributed by atoms with E-state index < -0.39 is 5.91 Å². The Bertz CT molecular complexity index is 566. The van der Waals surface area contributed by atoms with Crippen LogP contribution in [-0.2, 0) is 14.4 Å². The van der Waals surface area contributed by atoms with E-state index >= 15 is 0 Å². The third-order valence-electron chi connectivity index (χ3n) is 3.27. The number of halogens is 2. The van der Waals surface area contributed by atoms with Crippen LogP contribution in [0.15, 0.2) is 18.2 Å². The average Bonchev–Trinajstić information content (AvgIpc) is 2.46. The summed E-state index contributed by atoms with van der Waals surface area (Å²) in [7, 11) is 0. The van der Waals surface area contributed by atoms with Gasteiger partial charge in [-0.3, -0.25) is 14.4 Å². The van der Waals surface area contributed by atoms with Crippen LogP contribution >= 0.6 is 23.2 Å². The highest BCUT2D eigenvalue weighted by Gasteiger charge is 2.22. The van der Waals surface area contributed by atoms with Gasteiger partial charge in [-0.1, -0.05) is 23.2 Å². The SMILES string of the molecule is O=CN1CCN(C(=O)CC(=O)Nc2cc(Cl)cc(Cl)c2)CC1. The number of nitrogens with zero attached hydrogens (tertiary/aromatic N) is 2. The zero-order chi connectivity index (χ0) is 16.1. The summed E-state index contributed by atoms with van der Waals surface area (Å²) in [4.78, 5) is 37.7. The van der Waals surface area contributed by atoms with Gasteiger partial charge in [0, 0.05) is 41.9 Å². The molecule has 0 aromatic heterocycles. The number of anilines is 1. The number of rotatable bonds is 4. The molecule has 0 aliphatic carbocycles. The lowest BCUT2D eigenvalue weighted by Gasteiger charge is -2.32. The van der Waals surface area contributed by atoms with Gasteiger partial charge in [0.1, 0.15) is 6.42 Å². The third kappa shape index (κ3) is 4.61. The highest BCUT2D eigenvalue weighted by molar-refractivity contribution is 6.35. The molecular formula is C14H15Cl2N3O3. The van der Waals surface area contributed by atoms with Crippen molar-refractivity contribution in [3.63, 3.8) is 0 Å². The summed E-state index contributed by atoms with van der Waals surface area (Å²) in [5, 5.41) is 3.40. The highest BCUT2D eigenvalue weighted by Crippen LogP contribution is 2.22. The molecule has 2 rings (SSSR count). The van der Waals surface area contributed by atoms with Gasteiger partial charge in [-0.15, -0.1) is 0 Å². The first-order valence-electron chi connectivity index (χ1n) is 6.71. The monoisotopic (exact) mass is 343 g/mol. The van der Waals surface area contributed by atoms with Crippen molar-refractivity contribution in [2.75, 3.05) is 31.5 Å². The maximum absolute atomic E-state index is 12.0. The molecule has 1 heterocycles. The van der Waals surface area contributed by atoms with Crippen molar-refractivity contribution in [1.82, 2.24) is 9.80 Å². The molecule has 1 fully saturated rings. The van der Waals surface area contributed by atoms with Gasteiger partial charge in [0.15, 0.2) is 0 Å². The molecule has 1 aromatic rings. The van der Waals surface area contributed by atoms with E-state index in [9.17, 15) is 14.4 Å². The van der Waals surface area contributed by atoms with Crippen molar-refractivity contribution >= 4 is 47.1 Å². The van der Waals surface area contributed by atoms with E-state index in [1.165, 1.54) is 0 Å². The molecule has 8 heteroatoms. The van der Waals surface area contributed by atoms with E-state index in [0.717, 1.165) is 6.41 Å². The predicted molar refractivity (Wildman–Crippen MR) is 83.9 cm³/mol. The molecule has 0 radical (unpaired) electrons. The van der Waals surface area contributed by atoms with Gasteiger partial charge in [0.05, 0.1) is 0 Å². The molecular weight excluding hydrogens is 329 g/mol. The summed E-state index contributed by atoms with van der Waals surface area (Å²) < 4.78 is 0. The largest absolute Gasteiger partial charge is 0.342 e. The van der Waals surface area contributed by atoms with E-state index in [1.807, 2.05) is 0 Å². The van der Waals surface area contributed by atoms with Crippen LogP contribution in [-0.4, -0.2) is 54.2 Å². The lowest BCUT2D eigenvalue weighted by Crippen LogP contribution is -2.48. The minimum atomic E-state index is -0.429. The third-order valence-corrected chi connectivity index (χ3v) is 3.71. The minimum Gasteiger partial charge on any atom is -0.342 e. The maximum Gasteiger partial charge on any atom is 0.233 e. The Labute approximate surface area is 138 Å². The fourth-order valence-corrected chi connectivity index (χ4v) is 2.68. The first-order valence-corrected chi connectivity index (χ1v) is 7.46. The standard InChI is InChI=1S/C14H15Cl2N3O3/c15-10-5-11(16)7-12(6-10)17-13(21)8-14(22)19-3-1-18(9-20)2-4-19/h5-7,9H,1-4,8H2,(H,17,21). The first kappa shape index (κ1) is 16.6. The zero-order valence-corrected chi connectivity index (χ0v) is 13.2. The van der Waals surface area contributed by atoms with Gasteiger partial charge < -0.3 is 15.1 Å². The van der Waals surface area contributed by atoms with Crippen LogP contribution in [0.25, 0.3) is 0 Å². The number of piperazine rings is 1. The van der Waals surface area contributed by atoms with Crippen molar-refractivity contribution < 1.29 is 14.4 Å². The fraction of sp³-hybridized carbons (Fsp3) is 0.357. The van der Waals surface area contributed by atoms with Crippen LogP contribution in [0.4, 0.5) is 5.69 Å². The molecule has 1 aliphatic heterocycles. The number of amides is 3. The zero-order valence-electron chi connectivity index (χ0n) is 11.7. The molecule has 0 atom stereocenters. The number of hydrogen-bond acceptors (Lipinski definition) is 3. The topological polar surface area (TPSA) is 69.7 Å². The Morgan fingerprint density at radius 2 is 1.68 bits per heavy atom. The van der Waals surface area contributed by atoms with Gasteiger partial charge in [-0.2, -0.15) is 0 Å². The van der Waals surface area contributed by atoms with E-state index in [2.05, 4.69) is 5.32 Å². The lowest BCUT2D eigenvalue weighted by atomic mass is 10.2. The summed E-state index contributed by atoms with van der Waals surface area (Å²) >= 11 is 11.7. The van der Waals surface area contributed by atoms with Crippen LogP contribution in [0.5, 0.6) is 0 Å². The smallest absolute Gasteiger partial charge is 0.233 e. The van der Waals surface area contributed by atoms with Crippen molar-refractivity contribution in [2.24, 2.45) is 0 Å². The quantitative estimate of drug-likeness (QED) is 0.667. The van der Waals surface area contributed by atoms with Gasteiger partial charge in [-0.05, 0) is 18.2 Å². The lowest BCUT2D eigenvalue weighted by molar-refractivity contribution is -0.137. The van der Waals surface area contributed by atoms with E-state index in [-0.39, 0.29) is 12.3 Å². The molecule has 118 valence electrons. The van der Waals surface area contributed by atoms with E-state index in [0.29, 0.717) is 41.9 Å². The number of hydrogen-bond donors (Lipinski definition) is 1. The van der Waals surface area contributed by atoms with Crippen molar-refractivity contribution in [3.8, 4) is 0 Å². The molecule has 0 bridgehead atoms. The second-order valence-corrected chi connectivity index (χ2v) is 5.78. The Morgan fingerprint density at radius 3 is 2.23 bits per heavy atom. The van der Waals surface area contributed by atoms with Gasteiger partial charge >= 0.3 is 0 Å². The van der Waals surface area contributed by atoms with Crippen molar-refractivity contribution in [3.05, 3.63) is 28.2 Å². The van der Waals surface area contributed by atoms with Crippen LogP contribution in [0.1, 0.15) is 6.42 Å². The van der Waals surface area contributed by atoms with Gasteiger partial charge in [-0.25, -0.2) is 0 Å². The Hall–Kier alpha value is -1.79. The Balaban J connectivity index is 1.86.